The Morgan fingerprint density at radius 2 is 1.91 bits per heavy atom. The van der Waals surface area contributed by atoms with Crippen molar-refractivity contribution in [1.29, 1.82) is 0 Å². The first-order valence-electron chi connectivity index (χ1n) is 7.93. The maximum Gasteiger partial charge on any atom is 0.269 e. The van der Waals surface area contributed by atoms with Gasteiger partial charge in [0.2, 0.25) is 0 Å². The largest absolute Gasteiger partial charge is 0.473 e. The molecule has 2 aliphatic rings. The molecule has 1 saturated heterocycles. The Morgan fingerprint density at radius 3 is 2.65 bits per heavy atom. The number of nitrogens with one attached hydrogen (secondary N) is 1. The molecule has 1 spiro atoms. The van der Waals surface area contributed by atoms with Gasteiger partial charge in [-0.15, -0.1) is 0 Å². The Morgan fingerprint density at radius 1 is 1.17 bits per heavy atom. The van der Waals surface area contributed by atoms with E-state index in [-0.39, 0.29) is 5.91 Å². The van der Waals surface area contributed by atoms with Crippen LogP contribution in [-0.2, 0) is 4.79 Å². The molecule has 0 bridgehead atoms. The Hall–Kier alpha value is -2.56. The first-order valence-corrected chi connectivity index (χ1v) is 7.93. The van der Waals surface area contributed by atoms with E-state index in [1.165, 1.54) is 11.3 Å². The minimum Gasteiger partial charge on any atom is -0.473 e. The van der Waals surface area contributed by atoms with E-state index in [0.717, 1.165) is 13.1 Å². The molecule has 5 heteroatoms. The summed E-state index contributed by atoms with van der Waals surface area (Å²) in [5, 5.41) is 2.89. The van der Waals surface area contributed by atoms with Gasteiger partial charge >= 0.3 is 0 Å². The zero-order valence-corrected chi connectivity index (χ0v) is 13.1. The quantitative estimate of drug-likeness (QED) is 0.880. The number of aromatic nitrogens is 1. The maximum absolute atomic E-state index is 12.5. The average molecular weight is 309 g/mol. The van der Waals surface area contributed by atoms with E-state index in [1.54, 1.807) is 6.20 Å². The number of carbonyl (C=O) groups excluding carboxylic acids is 1. The highest BCUT2D eigenvalue weighted by atomic mass is 16.5. The molecule has 4 rings (SSSR count). The van der Waals surface area contributed by atoms with Crippen LogP contribution >= 0.6 is 0 Å². The third-order valence-corrected chi connectivity index (χ3v) is 4.69. The lowest BCUT2D eigenvalue weighted by Crippen LogP contribution is -2.57. The first-order chi connectivity index (χ1) is 11.2. The molecule has 1 aromatic carbocycles. The van der Waals surface area contributed by atoms with E-state index < -0.39 is 5.60 Å². The maximum atomic E-state index is 12.5. The molecule has 1 amide bonds. The standard InChI is InChI=1S/C18H19N3O2/c1-13-4-6-14(7-5-13)21-11-8-18(9-12-21)17(22)20-16-15(23-18)3-2-10-19-16/h2-7,10H,8-9,11-12H2,1H3,(H,19,20,22). The number of piperidine rings is 1. The summed E-state index contributed by atoms with van der Waals surface area (Å²) in [6, 6.07) is 12.2. The number of benzene rings is 1. The fourth-order valence-corrected chi connectivity index (χ4v) is 3.26. The van der Waals surface area contributed by atoms with Gasteiger partial charge in [-0.25, -0.2) is 4.98 Å². The second-order valence-electron chi connectivity index (χ2n) is 6.22. The SMILES string of the molecule is Cc1ccc(N2CCC3(CC2)Oc2cccnc2NC3=O)cc1. The van der Waals surface area contributed by atoms with Gasteiger partial charge in [-0.1, -0.05) is 17.7 Å². The molecule has 0 radical (unpaired) electrons. The number of nitrogens with zero attached hydrogens (tertiary/aromatic N) is 2. The molecule has 0 saturated carbocycles. The van der Waals surface area contributed by atoms with Crippen LogP contribution in [0.2, 0.25) is 0 Å². The number of ether oxygens (including phenoxy) is 1. The second-order valence-corrected chi connectivity index (χ2v) is 6.22. The zero-order chi connectivity index (χ0) is 15.9. The van der Waals surface area contributed by atoms with Gasteiger partial charge in [0, 0.05) is 37.8 Å². The topological polar surface area (TPSA) is 54.5 Å². The first kappa shape index (κ1) is 14.1. The molecule has 2 aliphatic heterocycles. The van der Waals surface area contributed by atoms with Crippen molar-refractivity contribution < 1.29 is 9.53 Å². The predicted molar refractivity (Wildman–Crippen MR) is 88.9 cm³/mol. The van der Waals surface area contributed by atoms with Crippen molar-refractivity contribution in [2.75, 3.05) is 23.3 Å². The van der Waals surface area contributed by atoms with Crippen LogP contribution in [0.1, 0.15) is 18.4 Å². The number of anilines is 2. The summed E-state index contributed by atoms with van der Waals surface area (Å²) < 4.78 is 6.07. The van der Waals surface area contributed by atoms with Gasteiger partial charge < -0.3 is 15.0 Å². The van der Waals surface area contributed by atoms with E-state index >= 15 is 0 Å². The molecule has 0 aliphatic carbocycles. The number of rotatable bonds is 1. The van der Waals surface area contributed by atoms with Gasteiger partial charge in [0.25, 0.3) is 5.91 Å². The minimum absolute atomic E-state index is 0.0766. The Bertz CT molecular complexity index is 734. The fraction of sp³-hybridized carbons (Fsp3) is 0.333. The van der Waals surface area contributed by atoms with Crippen LogP contribution in [0.25, 0.3) is 0 Å². The van der Waals surface area contributed by atoms with Crippen molar-refractivity contribution in [2.24, 2.45) is 0 Å². The van der Waals surface area contributed by atoms with Crippen molar-refractivity contribution in [1.82, 2.24) is 4.98 Å². The normalized spacial score (nSPS) is 19.0. The minimum atomic E-state index is -0.767. The highest BCUT2D eigenvalue weighted by molar-refractivity contribution is 6.00. The molecule has 1 fully saturated rings. The highest BCUT2D eigenvalue weighted by Crippen LogP contribution is 2.38. The number of aryl methyl sites for hydroxylation is 1. The molecule has 0 unspecified atom stereocenters. The van der Waals surface area contributed by atoms with Crippen LogP contribution in [0.5, 0.6) is 5.75 Å². The average Bonchev–Trinajstić information content (AvgIpc) is 2.58. The summed E-state index contributed by atoms with van der Waals surface area (Å²) >= 11 is 0. The van der Waals surface area contributed by atoms with E-state index in [9.17, 15) is 4.79 Å². The lowest BCUT2D eigenvalue weighted by Gasteiger charge is -2.43. The van der Waals surface area contributed by atoms with Crippen molar-refractivity contribution in [3.8, 4) is 5.75 Å². The van der Waals surface area contributed by atoms with Gasteiger partial charge in [0.1, 0.15) is 0 Å². The van der Waals surface area contributed by atoms with Crippen LogP contribution in [0.3, 0.4) is 0 Å². The van der Waals surface area contributed by atoms with Crippen molar-refractivity contribution in [2.45, 2.75) is 25.4 Å². The fourth-order valence-electron chi connectivity index (χ4n) is 3.26. The summed E-state index contributed by atoms with van der Waals surface area (Å²) in [5.74, 6) is 1.10. The monoisotopic (exact) mass is 309 g/mol. The molecule has 23 heavy (non-hydrogen) atoms. The molecule has 118 valence electrons. The van der Waals surface area contributed by atoms with Crippen LogP contribution in [0.15, 0.2) is 42.6 Å². The predicted octanol–water partition coefficient (Wildman–Crippen LogP) is 2.76. The smallest absolute Gasteiger partial charge is 0.269 e. The van der Waals surface area contributed by atoms with Gasteiger partial charge in [-0.3, -0.25) is 4.79 Å². The molecule has 1 N–H and O–H groups in total. The third kappa shape index (κ3) is 2.42. The Kier molecular flexibility index (Phi) is 3.22. The molecule has 0 atom stereocenters. The van der Waals surface area contributed by atoms with E-state index in [2.05, 4.69) is 46.4 Å². The van der Waals surface area contributed by atoms with Gasteiger partial charge in [-0.2, -0.15) is 0 Å². The summed E-state index contributed by atoms with van der Waals surface area (Å²) in [6.07, 6.45) is 2.99. The van der Waals surface area contributed by atoms with E-state index in [4.69, 9.17) is 4.74 Å². The second kappa shape index (κ2) is 5.26. The van der Waals surface area contributed by atoms with Crippen LogP contribution in [-0.4, -0.2) is 29.6 Å². The highest BCUT2D eigenvalue weighted by Gasteiger charge is 2.47. The molecule has 3 heterocycles. The van der Waals surface area contributed by atoms with Gasteiger partial charge in [0.15, 0.2) is 17.2 Å². The summed E-state index contributed by atoms with van der Waals surface area (Å²) in [6.45, 7) is 3.68. The number of pyridine rings is 1. The lowest BCUT2D eigenvalue weighted by molar-refractivity contribution is -0.134. The molecule has 5 nitrogen and oxygen atoms in total. The van der Waals surface area contributed by atoms with Gasteiger partial charge in [-0.05, 0) is 31.2 Å². The summed E-state index contributed by atoms with van der Waals surface area (Å²) in [7, 11) is 0. The van der Waals surface area contributed by atoms with Gasteiger partial charge in [0.05, 0.1) is 0 Å². The number of carbonyl (C=O) groups is 1. The van der Waals surface area contributed by atoms with Crippen LogP contribution in [0, 0.1) is 6.92 Å². The van der Waals surface area contributed by atoms with Crippen molar-refractivity contribution >= 4 is 17.4 Å². The zero-order valence-electron chi connectivity index (χ0n) is 13.1. The molecule has 2 aromatic rings. The number of fused-ring (bicyclic) bond motifs is 1. The number of amides is 1. The lowest BCUT2D eigenvalue weighted by atomic mass is 9.88. The molecular weight excluding hydrogens is 290 g/mol. The number of hydrogen-bond donors (Lipinski definition) is 1. The summed E-state index contributed by atoms with van der Waals surface area (Å²) in [5.41, 5.74) is 1.68. The third-order valence-electron chi connectivity index (χ3n) is 4.69. The summed E-state index contributed by atoms with van der Waals surface area (Å²) in [4.78, 5) is 19.0. The van der Waals surface area contributed by atoms with E-state index in [0.29, 0.717) is 24.4 Å². The van der Waals surface area contributed by atoms with E-state index in [1.807, 2.05) is 12.1 Å². The Balaban J connectivity index is 1.52. The molecule has 1 aromatic heterocycles. The number of hydrogen-bond acceptors (Lipinski definition) is 4. The van der Waals surface area contributed by atoms with Crippen molar-refractivity contribution in [3.05, 3.63) is 48.2 Å². The van der Waals surface area contributed by atoms with Crippen molar-refractivity contribution in [3.63, 3.8) is 0 Å². The van der Waals surface area contributed by atoms with Crippen LogP contribution < -0.4 is 15.0 Å². The Labute approximate surface area is 135 Å². The van der Waals surface area contributed by atoms with Crippen LogP contribution in [0.4, 0.5) is 11.5 Å². The molecular formula is C18H19N3O2.